The van der Waals surface area contributed by atoms with Crippen molar-refractivity contribution >= 4 is 5.69 Å². The Kier molecular flexibility index (Phi) is 6.14. The van der Waals surface area contributed by atoms with Crippen molar-refractivity contribution in [2.75, 3.05) is 45.3 Å². The van der Waals surface area contributed by atoms with Gasteiger partial charge >= 0.3 is 0 Å². The summed E-state index contributed by atoms with van der Waals surface area (Å²) in [6, 6.07) is 18.4. The average molecular weight is 407 g/mol. The Bertz CT molecular complexity index is 986. The van der Waals surface area contributed by atoms with Crippen molar-refractivity contribution in [3.63, 3.8) is 0 Å². The van der Waals surface area contributed by atoms with Crippen molar-refractivity contribution in [1.29, 1.82) is 0 Å². The molecular weight excluding hydrogens is 381 g/mol. The summed E-state index contributed by atoms with van der Waals surface area (Å²) in [7, 11) is 3.36. The molecule has 0 unspecified atom stereocenters. The van der Waals surface area contributed by atoms with E-state index in [0.717, 1.165) is 66.9 Å². The predicted molar refractivity (Wildman–Crippen MR) is 117 cm³/mol. The van der Waals surface area contributed by atoms with Crippen molar-refractivity contribution in [3.05, 3.63) is 72.2 Å². The molecule has 0 radical (unpaired) electrons. The number of hydrogen-bond acceptors (Lipinski definition) is 5. The highest BCUT2D eigenvalue weighted by Gasteiger charge is 2.20. The van der Waals surface area contributed by atoms with E-state index in [9.17, 15) is 4.39 Å². The molecule has 0 amide bonds. The maximum Gasteiger partial charge on any atom is 0.142 e. The molecule has 156 valence electrons. The monoisotopic (exact) mass is 407 g/mol. The zero-order valence-electron chi connectivity index (χ0n) is 17.3. The molecule has 4 rings (SSSR count). The van der Waals surface area contributed by atoms with Crippen molar-refractivity contribution in [2.45, 2.75) is 6.54 Å². The van der Waals surface area contributed by atoms with Crippen LogP contribution in [0.5, 0.6) is 11.5 Å². The molecule has 2 heterocycles. The maximum absolute atomic E-state index is 13.3. The van der Waals surface area contributed by atoms with E-state index in [-0.39, 0.29) is 5.82 Å². The normalized spacial score (nSPS) is 14.6. The average Bonchev–Trinajstić information content (AvgIpc) is 2.80. The third-order valence-electron chi connectivity index (χ3n) is 5.41. The first-order chi connectivity index (χ1) is 14.7. The summed E-state index contributed by atoms with van der Waals surface area (Å²) in [5.41, 5.74) is 3.74. The molecule has 30 heavy (non-hydrogen) atoms. The third kappa shape index (κ3) is 4.54. The lowest BCUT2D eigenvalue weighted by atomic mass is 10.1. The highest BCUT2D eigenvalue weighted by Crippen LogP contribution is 2.29. The summed E-state index contributed by atoms with van der Waals surface area (Å²) in [6.07, 6.45) is 0. The molecule has 0 bridgehead atoms. The smallest absolute Gasteiger partial charge is 0.142 e. The molecule has 1 fully saturated rings. The molecule has 1 aromatic heterocycles. The van der Waals surface area contributed by atoms with Gasteiger partial charge in [-0.05, 0) is 36.4 Å². The lowest BCUT2D eigenvalue weighted by Crippen LogP contribution is -2.46. The molecule has 1 aliphatic rings. The van der Waals surface area contributed by atoms with E-state index in [0.29, 0.717) is 0 Å². The number of halogens is 1. The van der Waals surface area contributed by atoms with Gasteiger partial charge in [-0.3, -0.25) is 9.88 Å². The fraction of sp³-hybridized carbons (Fsp3) is 0.292. The van der Waals surface area contributed by atoms with Gasteiger partial charge in [0.1, 0.15) is 17.3 Å². The number of ether oxygens (including phenoxy) is 2. The number of benzene rings is 2. The summed E-state index contributed by atoms with van der Waals surface area (Å²) in [6.45, 7) is 4.46. The Morgan fingerprint density at radius 2 is 1.63 bits per heavy atom. The van der Waals surface area contributed by atoms with Gasteiger partial charge in [-0.1, -0.05) is 12.1 Å². The van der Waals surface area contributed by atoms with Gasteiger partial charge in [-0.15, -0.1) is 0 Å². The van der Waals surface area contributed by atoms with Gasteiger partial charge in [0.25, 0.3) is 0 Å². The number of piperazine rings is 1. The summed E-state index contributed by atoms with van der Waals surface area (Å²) in [5, 5.41) is 0. The zero-order chi connectivity index (χ0) is 20.9. The Hall–Kier alpha value is -3.12. The van der Waals surface area contributed by atoms with Gasteiger partial charge in [-0.2, -0.15) is 0 Å². The Morgan fingerprint density at radius 3 is 2.33 bits per heavy atom. The van der Waals surface area contributed by atoms with Gasteiger partial charge < -0.3 is 14.4 Å². The Balaban J connectivity index is 1.46. The van der Waals surface area contributed by atoms with Crippen LogP contribution in [-0.4, -0.2) is 50.3 Å². The van der Waals surface area contributed by atoms with Crippen LogP contribution in [0.4, 0.5) is 10.1 Å². The number of aromatic nitrogens is 1. The van der Waals surface area contributed by atoms with Crippen LogP contribution in [0.1, 0.15) is 5.69 Å². The second kappa shape index (κ2) is 9.13. The highest BCUT2D eigenvalue weighted by atomic mass is 19.1. The number of rotatable bonds is 6. The predicted octanol–water partition coefficient (Wildman–Crippen LogP) is 4.23. The Morgan fingerprint density at radius 1 is 0.900 bits per heavy atom. The minimum atomic E-state index is -0.255. The van der Waals surface area contributed by atoms with Gasteiger partial charge in [0, 0.05) is 50.4 Å². The van der Waals surface area contributed by atoms with Gasteiger partial charge in [0.15, 0.2) is 0 Å². The quantitative estimate of drug-likeness (QED) is 0.611. The van der Waals surface area contributed by atoms with Crippen molar-refractivity contribution in [3.8, 4) is 22.8 Å². The van der Waals surface area contributed by atoms with Crippen LogP contribution in [-0.2, 0) is 6.54 Å². The van der Waals surface area contributed by atoms with Crippen LogP contribution in [0.3, 0.4) is 0 Å². The van der Waals surface area contributed by atoms with E-state index >= 15 is 0 Å². The van der Waals surface area contributed by atoms with E-state index in [1.54, 1.807) is 26.4 Å². The van der Waals surface area contributed by atoms with E-state index in [1.807, 2.05) is 30.3 Å². The van der Waals surface area contributed by atoms with E-state index in [1.165, 1.54) is 12.1 Å². The molecule has 0 aliphatic carbocycles. The molecule has 0 N–H and O–H groups in total. The fourth-order valence-corrected chi connectivity index (χ4v) is 3.79. The van der Waals surface area contributed by atoms with E-state index < -0.39 is 0 Å². The summed E-state index contributed by atoms with van der Waals surface area (Å²) in [5.74, 6) is 1.41. The van der Waals surface area contributed by atoms with Crippen LogP contribution in [0.25, 0.3) is 11.3 Å². The lowest BCUT2D eigenvalue weighted by molar-refractivity contribution is 0.246. The second-order valence-electron chi connectivity index (χ2n) is 7.33. The first-order valence-corrected chi connectivity index (χ1v) is 10.1. The molecule has 0 atom stereocenters. The zero-order valence-corrected chi connectivity index (χ0v) is 17.3. The topological polar surface area (TPSA) is 37.8 Å². The standard InChI is InChI=1S/C24H26FN3O2/c1-29-21-15-20(26-22(16-21)18-7-9-19(25)10-8-18)17-27-11-13-28(14-12-27)23-5-3-4-6-24(23)30-2/h3-10,15-16H,11-14,17H2,1-2H3. The van der Waals surface area contributed by atoms with E-state index in [2.05, 4.69) is 15.9 Å². The molecule has 1 aliphatic heterocycles. The summed E-state index contributed by atoms with van der Waals surface area (Å²) < 4.78 is 24.3. The molecule has 1 saturated heterocycles. The molecule has 0 spiro atoms. The van der Waals surface area contributed by atoms with E-state index in [4.69, 9.17) is 14.5 Å². The Labute approximate surface area is 176 Å². The number of para-hydroxylation sites is 2. The number of nitrogens with zero attached hydrogens (tertiary/aromatic N) is 3. The van der Waals surface area contributed by atoms with Gasteiger partial charge in [0.2, 0.25) is 0 Å². The number of anilines is 1. The minimum Gasteiger partial charge on any atom is -0.497 e. The number of hydrogen-bond donors (Lipinski definition) is 0. The van der Waals surface area contributed by atoms with Crippen LogP contribution in [0.2, 0.25) is 0 Å². The number of methoxy groups -OCH3 is 2. The van der Waals surface area contributed by atoms with Crippen LogP contribution < -0.4 is 14.4 Å². The summed E-state index contributed by atoms with van der Waals surface area (Å²) in [4.78, 5) is 9.55. The van der Waals surface area contributed by atoms with Crippen molar-refractivity contribution < 1.29 is 13.9 Å². The fourth-order valence-electron chi connectivity index (χ4n) is 3.79. The molecule has 0 saturated carbocycles. The maximum atomic E-state index is 13.3. The third-order valence-corrected chi connectivity index (χ3v) is 5.41. The van der Waals surface area contributed by atoms with Gasteiger partial charge in [-0.25, -0.2) is 4.39 Å². The molecule has 5 nitrogen and oxygen atoms in total. The molecule has 2 aromatic carbocycles. The first-order valence-electron chi connectivity index (χ1n) is 10.1. The molecule has 3 aromatic rings. The largest absolute Gasteiger partial charge is 0.497 e. The highest BCUT2D eigenvalue weighted by molar-refractivity contribution is 5.61. The van der Waals surface area contributed by atoms with Crippen LogP contribution in [0, 0.1) is 5.82 Å². The van der Waals surface area contributed by atoms with Crippen LogP contribution in [0.15, 0.2) is 60.7 Å². The number of pyridine rings is 1. The van der Waals surface area contributed by atoms with Gasteiger partial charge in [0.05, 0.1) is 31.3 Å². The second-order valence-corrected chi connectivity index (χ2v) is 7.33. The van der Waals surface area contributed by atoms with Crippen molar-refractivity contribution in [2.24, 2.45) is 0 Å². The first kappa shape index (κ1) is 20.2. The molecular formula is C24H26FN3O2. The minimum absolute atomic E-state index is 0.255. The SMILES string of the molecule is COc1cc(CN2CCN(c3ccccc3OC)CC2)nc(-c2ccc(F)cc2)c1. The van der Waals surface area contributed by atoms with Crippen molar-refractivity contribution in [1.82, 2.24) is 9.88 Å². The summed E-state index contributed by atoms with van der Waals surface area (Å²) >= 11 is 0. The molecule has 6 heteroatoms. The lowest BCUT2D eigenvalue weighted by Gasteiger charge is -2.36. The van der Waals surface area contributed by atoms with Crippen LogP contribution >= 0.6 is 0 Å².